The minimum absolute atomic E-state index is 0.0952. The van der Waals surface area contributed by atoms with Crippen molar-refractivity contribution in [1.29, 1.82) is 0 Å². The van der Waals surface area contributed by atoms with Crippen LogP contribution in [0.15, 0.2) is 17.1 Å². The summed E-state index contributed by atoms with van der Waals surface area (Å²) in [5, 5.41) is 2.04. The lowest BCUT2D eigenvalue weighted by molar-refractivity contribution is 0.562. The van der Waals surface area contributed by atoms with Crippen LogP contribution < -0.4 is 21.1 Å². The van der Waals surface area contributed by atoms with Crippen molar-refractivity contribution in [2.75, 3.05) is 23.5 Å². The van der Waals surface area contributed by atoms with E-state index < -0.39 is 11.2 Å². The first kappa shape index (κ1) is 14.2. The molecule has 1 atom stereocenters. The van der Waals surface area contributed by atoms with Crippen LogP contribution in [0.25, 0.3) is 10.9 Å². The molecule has 7 heteroatoms. The smallest absolute Gasteiger partial charge is 0.239 e. The number of hydrogen-bond donors (Lipinski definition) is 1. The van der Waals surface area contributed by atoms with Crippen molar-refractivity contribution in [2.24, 2.45) is 5.73 Å². The van der Waals surface area contributed by atoms with Crippen LogP contribution in [0.3, 0.4) is 0 Å². The lowest BCUT2D eigenvalue weighted by atomic mass is 10.0. The highest BCUT2D eigenvalue weighted by atomic mass is 19.1. The zero-order valence-electron chi connectivity index (χ0n) is 12.7. The summed E-state index contributed by atoms with van der Waals surface area (Å²) in [5.41, 5.74) is 7.38. The van der Waals surface area contributed by atoms with Gasteiger partial charge in [0.2, 0.25) is 11.7 Å². The molecule has 0 saturated carbocycles. The Morgan fingerprint density at radius 1 is 1.43 bits per heavy atom. The van der Waals surface area contributed by atoms with Gasteiger partial charge in [-0.3, -0.25) is 14.3 Å². The highest BCUT2D eigenvalue weighted by molar-refractivity contribution is 5.93. The highest BCUT2D eigenvalue weighted by Gasteiger charge is 2.32. The van der Waals surface area contributed by atoms with Crippen molar-refractivity contribution in [3.63, 3.8) is 0 Å². The second-order valence-electron chi connectivity index (χ2n) is 6.12. The standard InChI is InChI=1S/C16H16FN4O2/c1-19-7-11-14-10(16(23)9(8-22)6-21(14)19)5-12(17)15(11)20-4-2-3-13(20)18/h5-6,13H,2-4,7,18H2,1H3. The number of benzene rings is 1. The molecule has 0 spiro atoms. The summed E-state index contributed by atoms with van der Waals surface area (Å²) >= 11 is 0. The molecule has 1 saturated heterocycles. The Morgan fingerprint density at radius 3 is 2.87 bits per heavy atom. The quantitative estimate of drug-likeness (QED) is 0.877. The first-order valence-electron chi connectivity index (χ1n) is 7.55. The van der Waals surface area contributed by atoms with Crippen LogP contribution in [0.5, 0.6) is 0 Å². The van der Waals surface area contributed by atoms with Crippen molar-refractivity contribution in [1.82, 2.24) is 4.68 Å². The maximum absolute atomic E-state index is 14.8. The molecule has 2 aliphatic heterocycles. The Kier molecular flexibility index (Phi) is 2.96. The molecule has 2 aliphatic rings. The van der Waals surface area contributed by atoms with Gasteiger partial charge in [0.15, 0.2) is 0 Å². The fraction of sp³-hybridized carbons (Fsp3) is 0.375. The van der Waals surface area contributed by atoms with Crippen LogP contribution in [0, 0.1) is 5.82 Å². The second kappa shape index (κ2) is 4.79. The van der Waals surface area contributed by atoms with Gasteiger partial charge in [0.25, 0.3) is 0 Å². The molecule has 0 amide bonds. The Bertz CT molecular complexity index is 892. The van der Waals surface area contributed by atoms with E-state index >= 15 is 0 Å². The number of hydrogen-bond acceptors (Lipinski definition) is 5. The zero-order valence-corrected chi connectivity index (χ0v) is 12.7. The largest absolute Gasteiger partial charge is 0.354 e. The van der Waals surface area contributed by atoms with E-state index in [-0.39, 0.29) is 17.1 Å². The predicted molar refractivity (Wildman–Crippen MR) is 85.4 cm³/mol. The SMILES string of the molecule is CN1Cc2c(N3CCCC3N)c(F)cc3c(=O)c([C]=O)cn1c23. The topological polar surface area (TPSA) is 71.6 Å². The summed E-state index contributed by atoms with van der Waals surface area (Å²) < 4.78 is 16.5. The van der Waals surface area contributed by atoms with E-state index in [1.807, 2.05) is 17.0 Å². The van der Waals surface area contributed by atoms with Crippen LogP contribution in [0.2, 0.25) is 0 Å². The number of rotatable bonds is 2. The van der Waals surface area contributed by atoms with Gasteiger partial charge in [-0.25, -0.2) is 4.39 Å². The average Bonchev–Trinajstić information content (AvgIpc) is 3.07. The van der Waals surface area contributed by atoms with Crippen LogP contribution in [-0.2, 0) is 11.3 Å². The minimum atomic E-state index is -0.487. The third-order valence-corrected chi connectivity index (χ3v) is 4.75. The molecule has 6 nitrogen and oxygen atoms in total. The molecule has 1 fully saturated rings. The Hall–Kier alpha value is -2.41. The number of nitrogens with zero attached hydrogens (tertiary/aromatic N) is 3. The van der Waals surface area contributed by atoms with E-state index in [0.29, 0.717) is 24.3 Å². The lowest BCUT2D eigenvalue weighted by Gasteiger charge is -2.26. The molecule has 2 N–H and O–H groups in total. The van der Waals surface area contributed by atoms with Crippen molar-refractivity contribution in [2.45, 2.75) is 25.6 Å². The summed E-state index contributed by atoms with van der Waals surface area (Å²) in [6.45, 7) is 1.15. The van der Waals surface area contributed by atoms with Gasteiger partial charge in [0.05, 0.1) is 34.9 Å². The lowest BCUT2D eigenvalue weighted by Crippen LogP contribution is -2.37. The second-order valence-corrected chi connectivity index (χ2v) is 6.12. The third-order valence-electron chi connectivity index (χ3n) is 4.75. The third kappa shape index (κ3) is 1.83. The van der Waals surface area contributed by atoms with Crippen LogP contribution in [0.4, 0.5) is 10.1 Å². The molecular weight excluding hydrogens is 299 g/mol. The summed E-state index contributed by atoms with van der Waals surface area (Å²) in [6.07, 6.45) is 4.62. The average molecular weight is 315 g/mol. The molecule has 23 heavy (non-hydrogen) atoms. The molecule has 2 aromatic rings. The first-order valence-corrected chi connectivity index (χ1v) is 7.55. The van der Waals surface area contributed by atoms with Gasteiger partial charge in [-0.15, -0.1) is 0 Å². The Balaban J connectivity index is 2.08. The molecule has 1 aromatic heterocycles. The van der Waals surface area contributed by atoms with Gasteiger partial charge in [-0.2, -0.15) is 0 Å². The monoisotopic (exact) mass is 315 g/mol. The number of aromatic nitrogens is 1. The molecule has 1 unspecified atom stereocenters. The summed E-state index contributed by atoms with van der Waals surface area (Å²) in [7, 11) is 1.82. The van der Waals surface area contributed by atoms with Crippen LogP contribution in [0.1, 0.15) is 24.0 Å². The summed E-state index contributed by atoms with van der Waals surface area (Å²) in [6, 6.07) is 1.22. The fourth-order valence-corrected chi connectivity index (χ4v) is 3.68. The first-order chi connectivity index (χ1) is 11.0. The summed E-state index contributed by atoms with van der Waals surface area (Å²) in [4.78, 5) is 25.2. The van der Waals surface area contributed by atoms with Crippen molar-refractivity contribution >= 4 is 22.9 Å². The van der Waals surface area contributed by atoms with E-state index in [9.17, 15) is 14.0 Å². The molecule has 4 rings (SSSR count). The van der Waals surface area contributed by atoms with Gasteiger partial charge in [0.1, 0.15) is 5.82 Å². The summed E-state index contributed by atoms with van der Waals surface area (Å²) in [5.74, 6) is -0.466. The number of anilines is 1. The van der Waals surface area contributed by atoms with Gasteiger partial charge >= 0.3 is 0 Å². The maximum Gasteiger partial charge on any atom is 0.239 e. The van der Waals surface area contributed by atoms with E-state index in [1.54, 1.807) is 11.0 Å². The fourth-order valence-electron chi connectivity index (χ4n) is 3.68. The highest BCUT2D eigenvalue weighted by Crippen LogP contribution is 2.37. The molecular formula is C16H16FN4O2. The molecule has 0 aliphatic carbocycles. The minimum Gasteiger partial charge on any atom is -0.354 e. The van der Waals surface area contributed by atoms with Crippen molar-refractivity contribution in [3.8, 4) is 0 Å². The molecule has 1 radical (unpaired) electrons. The Morgan fingerprint density at radius 2 is 2.22 bits per heavy atom. The number of halogens is 1. The van der Waals surface area contributed by atoms with Gasteiger partial charge in [0, 0.05) is 25.4 Å². The van der Waals surface area contributed by atoms with Crippen molar-refractivity contribution < 1.29 is 9.18 Å². The van der Waals surface area contributed by atoms with E-state index in [1.165, 1.54) is 12.3 Å². The van der Waals surface area contributed by atoms with Gasteiger partial charge in [-0.05, 0) is 18.9 Å². The van der Waals surface area contributed by atoms with Crippen molar-refractivity contribution in [3.05, 3.63) is 39.4 Å². The van der Waals surface area contributed by atoms with Crippen LogP contribution >= 0.6 is 0 Å². The molecule has 1 aromatic carbocycles. The Labute approximate surface area is 131 Å². The van der Waals surface area contributed by atoms with E-state index in [0.717, 1.165) is 18.4 Å². The van der Waals surface area contributed by atoms with Crippen LogP contribution in [-0.4, -0.2) is 30.7 Å². The number of nitrogens with two attached hydrogens (primary N) is 1. The normalized spacial score (nSPS) is 19.9. The number of pyridine rings is 1. The molecule has 3 heterocycles. The van der Waals surface area contributed by atoms with Gasteiger partial charge < -0.3 is 15.6 Å². The molecule has 119 valence electrons. The maximum atomic E-state index is 14.8. The zero-order chi connectivity index (χ0) is 16.3. The predicted octanol–water partition coefficient (Wildman–Crippen LogP) is 0.565. The van der Waals surface area contributed by atoms with Gasteiger partial charge in [-0.1, -0.05) is 0 Å². The molecule has 0 bridgehead atoms. The van der Waals surface area contributed by atoms with E-state index in [4.69, 9.17) is 5.73 Å². The van der Waals surface area contributed by atoms with E-state index in [2.05, 4.69) is 0 Å². The number of carbonyl (C=O) groups excluding carboxylic acids is 1.